The molecule has 0 radical (unpaired) electrons. The molecule has 144 valence electrons. The molecule has 1 aromatic heterocycles. The van der Waals surface area contributed by atoms with Crippen molar-refractivity contribution in [2.45, 2.75) is 36.3 Å². The second kappa shape index (κ2) is 8.32. The number of hydrogen-bond acceptors (Lipinski definition) is 4. The van der Waals surface area contributed by atoms with E-state index in [1.165, 1.54) is 24.2 Å². The molecule has 5 nitrogen and oxygen atoms in total. The van der Waals surface area contributed by atoms with Gasteiger partial charge in [0, 0.05) is 27.9 Å². The number of H-pyrrole nitrogens is 1. The van der Waals surface area contributed by atoms with Crippen LogP contribution in [0, 0.1) is 5.82 Å². The lowest BCUT2D eigenvalue weighted by molar-refractivity contribution is 0.0728. The SMILES string of the molecule is O=C(c1ccc(CSc2ncn[nH]2)cc1)N(Cc1c(F)cccc1Cl)C1CC1. The van der Waals surface area contributed by atoms with Gasteiger partial charge < -0.3 is 4.90 Å². The van der Waals surface area contributed by atoms with Gasteiger partial charge >= 0.3 is 0 Å². The first-order chi connectivity index (χ1) is 13.6. The van der Waals surface area contributed by atoms with Crippen LogP contribution in [0.5, 0.6) is 0 Å². The predicted octanol–water partition coefficient (Wildman–Crippen LogP) is 4.69. The van der Waals surface area contributed by atoms with Gasteiger partial charge in [0.15, 0.2) is 5.16 Å². The van der Waals surface area contributed by atoms with Crippen molar-refractivity contribution in [2.75, 3.05) is 0 Å². The van der Waals surface area contributed by atoms with Gasteiger partial charge in [-0.15, -0.1) is 0 Å². The van der Waals surface area contributed by atoms with Gasteiger partial charge in [0.2, 0.25) is 0 Å². The van der Waals surface area contributed by atoms with E-state index >= 15 is 0 Å². The normalized spacial score (nSPS) is 13.5. The standard InChI is InChI=1S/C20H18ClFN4OS/c21-17-2-1-3-18(22)16(17)10-26(15-8-9-15)19(27)14-6-4-13(5-7-14)11-28-20-23-12-24-25-20/h1-7,12,15H,8-11H2,(H,23,24,25). The number of nitrogens with zero attached hydrogens (tertiary/aromatic N) is 3. The van der Waals surface area contributed by atoms with Gasteiger partial charge in [0.25, 0.3) is 5.91 Å². The first kappa shape index (κ1) is 19.0. The number of nitrogens with one attached hydrogen (secondary N) is 1. The Balaban J connectivity index is 1.46. The van der Waals surface area contributed by atoms with E-state index in [1.54, 1.807) is 17.0 Å². The first-order valence-electron chi connectivity index (χ1n) is 8.93. The molecule has 1 amide bonds. The minimum atomic E-state index is -0.384. The third-order valence-electron chi connectivity index (χ3n) is 4.61. The van der Waals surface area contributed by atoms with Crippen LogP contribution in [-0.2, 0) is 12.3 Å². The molecule has 0 atom stereocenters. The van der Waals surface area contributed by atoms with Crippen molar-refractivity contribution in [1.29, 1.82) is 0 Å². The van der Waals surface area contributed by atoms with Crippen LogP contribution in [0.1, 0.15) is 34.3 Å². The lowest BCUT2D eigenvalue weighted by Crippen LogP contribution is -2.33. The van der Waals surface area contributed by atoms with Crippen LogP contribution in [0.25, 0.3) is 0 Å². The molecular formula is C20H18ClFN4OS. The van der Waals surface area contributed by atoms with Crippen molar-refractivity contribution in [1.82, 2.24) is 20.1 Å². The maximum absolute atomic E-state index is 14.2. The van der Waals surface area contributed by atoms with Crippen LogP contribution in [0.15, 0.2) is 53.9 Å². The van der Waals surface area contributed by atoms with E-state index in [-0.39, 0.29) is 24.3 Å². The van der Waals surface area contributed by atoms with E-state index in [1.807, 2.05) is 24.3 Å². The fourth-order valence-corrected chi connectivity index (χ4v) is 3.89. The third kappa shape index (κ3) is 4.36. The molecule has 0 bridgehead atoms. The maximum atomic E-state index is 14.2. The van der Waals surface area contributed by atoms with Crippen LogP contribution in [0.4, 0.5) is 4.39 Å². The van der Waals surface area contributed by atoms with Crippen molar-refractivity contribution in [3.63, 3.8) is 0 Å². The number of rotatable bonds is 7. The molecular weight excluding hydrogens is 399 g/mol. The molecule has 3 aromatic rings. The molecule has 28 heavy (non-hydrogen) atoms. The summed E-state index contributed by atoms with van der Waals surface area (Å²) in [5.74, 6) is 0.239. The van der Waals surface area contributed by atoms with Crippen molar-refractivity contribution in [3.05, 3.63) is 76.3 Å². The van der Waals surface area contributed by atoms with E-state index in [0.29, 0.717) is 16.1 Å². The summed E-state index contributed by atoms with van der Waals surface area (Å²) in [5, 5.41) is 7.72. The van der Waals surface area contributed by atoms with Gasteiger partial charge in [-0.2, -0.15) is 5.10 Å². The molecule has 0 aliphatic heterocycles. The molecule has 2 aromatic carbocycles. The Labute approximate surface area is 171 Å². The fourth-order valence-electron chi connectivity index (χ4n) is 2.93. The summed E-state index contributed by atoms with van der Waals surface area (Å²) < 4.78 is 14.2. The van der Waals surface area contributed by atoms with Crippen molar-refractivity contribution in [3.8, 4) is 0 Å². The number of hydrogen-bond donors (Lipinski definition) is 1. The number of aromatic nitrogens is 3. The zero-order chi connectivity index (χ0) is 19.5. The van der Waals surface area contributed by atoms with E-state index in [2.05, 4.69) is 15.2 Å². The second-order valence-electron chi connectivity index (χ2n) is 6.64. The number of aromatic amines is 1. The number of carbonyl (C=O) groups excluding carboxylic acids is 1. The molecule has 0 unspecified atom stereocenters. The number of carbonyl (C=O) groups is 1. The highest BCUT2D eigenvalue weighted by Gasteiger charge is 2.34. The summed E-state index contributed by atoms with van der Waals surface area (Å²) in [4.78, 5) is 18.8. The Kier molecular flexibility index (Phi) is 5.64. The minimum Gasteiger partial charge on any atom is -0.331 e. The fraction of sp³-hybridized carbons (Fsp3) is 0.250. The third-order valence-corrected chi connectivity index (χ3v) is 5.91. The van der Waals surface area contributed by atoms with Gasteiger partial charge in [-0.1, -0.05) is 41.6 Å². The number of amides is 1. The molecule has 1 fully saturated rings. The summed E-state index contributed by atoms with van der Waals surface area (Å²) >= 11 is 7.69. The first-order valence-corrected chi connectivity index (χ1v) is 10.3. The largest absolute Gasteiger partial charge is 0.331 e. The average Bonchev–Trinajstić information content (AvgIpc) is 3.40. The number of benzene rings is 2. The Hall–Kier alpha value is -2.38. The zero-order valence-corrected chi connectivity index (χ0v) is 16.5. The quantitative estimate of drug-likeness (QED) is 0.567. The van der Waals surface area contributed by atoms with E-state index < -0.39 is 0 Å². The van der Waals surface area contributed by atoms with Gasteiger partial charge in [-0.3, -0.25) is 9.89 Å². The summed E-state index contributed by atoms with van der Waals surface area (Å²) in [6.07, 6.45) is 3.34. The van der Waals surface area contributed by atoms with E-state index in [0.717, 1.165) is 29.3 Å². The van der Waals surface area contributed by atoms with Crippen molar-refractivity contribution < 1.29 is 9.18 Å². The molecule has 1 aliphatic rings. The van der Waals surface area contributed by atoms with Gasteiger partial charge in [-0.25, -0.2) is 9.37 Å². The predicted molar refractivity (Wildman–Crippen MR) is 107 cm³/mol. The molecule has 1 heterocycles. The summed E-state index contributed by atoms with van der Waals surface area (Å²) in [5.41, 5.74) is 2.03. The summed E-state index contributed by atoms with van der Waals surface area (Å²) in [6, 6.07) is 12.2. The minimum absolute atomic E-state index is 0.101. The van der Waals surface area contributed by atoms with Crippen molar-refractivity contribution >= 4 is 29.3 Å². The van der Waals surface area contributed by atoms with Crippen LogP contribution in [0.3, 0.4) is 0 Å². The van der Waals surface area contributed by atoms with E-state index in [4.69, 9.17) is 11.6 Å². The monoisotopic (exact) mass is 416 g/mol. The highest BCUT2D eigenvalue weighted by Crippen LogP contribution is 2.32. The number of halogens is 2. The van der Waals surface area contributed by atoms with Crippen LogP contribution < -0.4 is 0 Å². The number of thioether (sulfide) groups is 1. The summed E-state index contributed by atoms with van der Waals surface area (Å²) in [7, 11) is 0. The topological polar surface area (TPSA) is 61.9 Å². The van der Waals surface area contributed by atoms with Gasteiger partial charge in [0.05, 0.1) is 6.54 Å². The smallest absolute Gasteiger partial charge is 0.254 e. The Bertz CT molecular complexity index is 941. The molecule has 8 heteroatoms. The lowest BCUT2D eigenvalue weighted by atomic mass is 10.1. The zero-order valence-electron chi connectivity index (χ0n) is 14.9. The molecule has 0 saturated heterocycles. The van der Waals surface area contributed by atoms with E-state index in [9.17, 15) is 9.18 Å². The van der Waals surface area contributed by atoms with Gasteiger partial charge in [-0.05, 0) is 42.7 Å². The molecule has 4 rings (SSSR count). The van der Waals surface area contributed by atoms with Crippen molar-refractivity contribution in [2.24, 2.45) is 0 Å². The van der Waals surface area contributed by atoms with Crippen LogP contribution in [0.2, 0.25) is 5.02 Å². The molecule has 1 saturated carbocycles. The van der Waals surface area contributed by atoms with Gasteiger partial charge in [0.1, 0.15) is 12.1 Å². The second-order valence-corrected chi connectivity index (χ2v) is 8.01. The Morgan fingerprint density at radius 2 is 2.04 bits per heavy atom. The highest BCUT2D eigenvalue weighted by atomic mass is 35.5. The molecule has 1 N–H and O–H groups in total. The molecule has 1 aliphatic carbocycles. The summed E-state index contributed by atoms with van der Waals surface area (Å²) in [6.45, 7) is 0.179. The lowest BCUT2D eigenvalue weighted by Gasteiger charge is -2.23. The van der Waals surface area contributed by atoms with Crippen LogP contribution >= 0.6 is 23.4 Å². The molecule has 0 spiro atoms. The maximum Gasteiger partial charge on any atom is 0.254 e. The Morgan fingerprint density at radius 1 is 1.25 bits per heavy atom. The van der Waals surface area contributed by atoms with Crippen LogP contribution in [-0.4, -0.2) is 32.0 Å². The highest BCUT2D eigenvalue weighted by molar-refractivity contribution is 7.98. The average molecular weight is 417 g/mol. The Morgan fingerprint density at radius 3 is 2.68 bits per heavy atom.